The second-order valence-corrected chi connectivity index (χ2v) is 6.43. The highest BCUT2D eigenvalue weighted by molar-refractivity contribution is 5.90. The molecule has 0 unspecified atom stereocenters. The molecule has 0 saturated heterocycles. The van der Waals surface area contributed by atoms with Crippen LogP contribution in [0.1, 0.15) is 29.8 Å². The number of amides is 1. The molecule has 1 aromatic carbocycles. The molecule has 25 heavy (non-hydrogen) atoms. The predicted molar refractivity (Wildman–Crippen MR) is 96.9 cm³/mol. The van der Waals surface area contributed by atoms with E-state index in [2.05, 4.69) is 22.0 Å². The molecular weight excluding hydrogens is 319 g/mol. The minimum Gasteiger partial charge on any atom is -0.331 e. The maximum Gasteiger partial charge on any atom is 0.263 e. The van der Waals surface area contributed by atoms with E-state index in [9.17, 15) is 9.18 Å². The number of aryl methyl sites for hydroxylation is 2. The van der Waals surface area contributed by atoms with Gasteiger partial charge in [0.15, 0.2) is 5.67 Å². The Bertz CT molecular complexity index is 878. The first-order valence-corrected chi connectivity index (χ1v) is 8.12. The Kier molecular flexibility index (Phi) is 4.29. The summed E-state index contributed by atoms with van der Waals surface area (Å²) in [6, 6.07) is 6.00. The van der Waals surface area contributed by atoms with Gasteiger partial charge in [-0.05, 0) is 56.7 Å². The SMILES string of the molecule is C=N/C(=C\c1cc(-c2cnc(C)n2C)ccc1C)NC(=O)C1(F)CC1. The van der Waals surface area contributed by atoms with E-state index >= 15 is 0 Å². The van der Waals surface area contributed by atoms with Crippen LogP contribution >= 0.6 is 0 Å². The van der Waals surface area contributed by atoms with Crippen LogP contribution in [0.25, 0.3) is 17.3 Å². The number of hydrogen-bond donors (Lipinski definition) is 1. The van der Waals surface area contributed by atoms with Gasteiger partial charge in [0.25, 0.3) is 5.91 Å². The van der Waals surface area contributed by atoms with Crippen molar-refractivity contribution >= 4 is 18.7 Å². The van der Waals surface area contributed by atoms with Gasteiger partial charge in [-0.15, -0.1) is 0 Å². The maximum absolute atomic E-state index is 13.8. The molecule has 0 radical (unpaired) electrons. The molecular formula is C19H21FN4O. The van der Waals surface area contributed by atoms with E-state index < -0.39 is 11.6 Å². The van der Waals surface area contributed by atoms with Crippen molar-refractivity contribution < 1.29 is 9.18 Å². The van der Waals surface area contributed by atoms with Gasteiger partial charge in [0.1, 0.15) is 11.6 Å². The number of hydrogen-bond acceptors (Lipinski definition) is 3. The van der Waals surface area contributed by atoms with Crippen LogP contribution in [-0.4, -0.2) is 27.8 Å². The van der Waals surface area contributed by atoms with Crippen molar-refractivity contribution in [1.29, 1.82) is 0 Å². The summed E-state index contributed by atoms with van der Waals surface area (Å²) >= 11 is 0. The van der Waals surface area contributed by atoms with Crippen LogP contribution < -0.4 is 5.32 Å². The minimum absolute atomic E-state index is 0.246. The van der Waals surface area contributed by atoms with Gasteiger partial charge in [0.05, 0.1) is 11.9 Å². The van der Waals surface area contributed by atoms with Gasteiger partial charge in [-0.25, -0.2) is 14.4 Å². The summed E-state index contributed by atoms with van der Waals surface area (Å²) < 4.78 is 15.8. The normalized spacial score (nSPS) is 15.8. The average molecular weight is 340 g/mol. The first-order chi connectivity index (χ1) is 11.8. The number of nitrogens with zero attached hydrogens (tertiary/aromatic N) is 3. The van der Waals surface area contributed by atoms with Gasteiger partial charge >= 0.3 is 0 Å². The van der Waals surface area contributed by atoms with Gasteiger partial charge in [-0.1, -0.05) is 12.1 Å². The zero-order chi connectivity index (χ0) is 18.2. The number of halogens is 1. The molecule has 1 aliphatic carbocycles. The number of carbonyl (C=O) groups is 1. The Hall–Kier alpha value is -2.76. The highest BCUT2D eigenvalue weighted by Crippen LogP contribution is 2.40. The van der Waals surface area contributed by atoms with Crippen LogP contribution in [-0.2, 0) is 11.8 Å². The average Bonchev–Trinajstić information content (AvgIpc) is 3.26. The molecule has 3 rings (SSSR count). The van der Waals surface area contributed by atoms with E-state index in [0.29, 0.717) is 0 Å². The Morgan fingerprint density at radius 3 is 2.72 bits per heavy atom. The van der Waals surface area contributed by atoms with Crippen molar-refractivity contribution in [1.82, 2.24) is 14.9 Å². The fourth-order valence-electron chi connectivity index (χ4n) is 2.56. The van der Waals surface area contributed by atoms with Crippen LogP contribution in [0, 0.1) is 13.8 Å². The molecule has 1 N–H and O–H groups in total. The molecule has 0 bridgehead atoms. The van der Waals surface area contributed by atoms with E-state index in [1.807, 2.05) is 49.9 Å². The van der Waals surface area contributed by atoms with Gasteiger partial charge in [0.2, 0.25) is 0 Å². The van der Waals surface area contributed by atoms with Crippen molar-refractivity contribution in [2.45, 2.75) is 32.4 Å². The lowest BCUT2D eigenvalue weighted by atomic mass is 10.0. The van der Waals surface area contributed by atoms with Crippen LogP contribution in [0.15, 0.2) is 35.2 Å². The monoisotopic (exact) mass is 340 g/mol. The summed E-state index contributed by atoms with van der Waals surface area (Å²) in [7, 11) is 1.96. The quantitative estimate of drug-likeness (QED) is 0.849. The minimum atomic E-state index is -1.74. The summed E-state index contributed by atoms with van der Waals surface area (Å²) in [5, 5.41) is 2.52. The molecule has 2 aromatic rings. The molecule has 1 amide bonds. The highest BCUT2D eigenvalue weighted by Gasteiger charge is 2.51. The fraction of sp³-hybridized carbons (Fsp3) is 0.316. The van der Waals surface area contributed by atoms with Gasteiger partial charge < -0.3 is 9.88 Å². The van der Waals surface area contributed by atoms with Crippen LogP contribution in [0.3, 0.4) is 0 Å². The molecule has 1 heterocycles. The second kappa shape index (κ2) is 6.27. The summed E-state index contributed by atoms with van der Waals surface area (Å²) in [6.45, 7) is 7.38. The largest absolute Gasteiger partial charge is 0.331 e. The highest BCUT2D eigenvalue weighted by atomic mass is 19.1. The number of aliphatic imine (C=N–C) groups is 1. The zero-order valence-electron chi connectivity index (χ0n) is 14.6. The molecule has 0 aliphatic heterocycles. The van der Waals surface area contributed by atoms with Crippen LogP contribution in [0.4, 0.5) is 4.39 Å². The first kappa shape index (κ1) is 17.1. The van der Waals surface area contributed by atoms with E-state index in [1.165, 1.54) is 0 Å². The Morgan fingerprint density at radius 2 is 2.16 bits per heavy atom. The fourth-order valence-corrected chi connectivity index (χ4v) is 2.56. The smallest absolute Gasteiger partial charge is 0.263 e. The Morgan fingerprint density at radius 1 is 1.44 bits per heavy atom. The van der Waals surface area contributed by atoms with E-state index in [4.69, 9.17) is 0 Å². The molecule has 0 atom stereocenters. The molecule has 5 nitrogen and oxygen atoms in total. The van der Waals surface area contributed by atoms with Crippen LogP contribution in [0.5, 0.6) is 0 Å². The summed E-state index contributed by atoms with van der Waals surface area (Å²) in [5.41, 5.74) is 2.14. The Labute approximate surface area is 146 Å². The van der Waals surface area contributed by atoms with Crippen molar-refractivity contribution in [3.05, 3.63) is 47.2 Å². The zero-order valence-corrected chi connectivity index (χ0v) is 14.6. The molecule has 1 fully saturated rings. The van der Waals surface area contributed by atoms with E-state index in [0.717, 1.165) is 28.2 Å². The van der Waals surface area contributed by atoms with Crippen molar-refractivity contribution in [2.24, 2.45) is 12.0 Å². The molecule has 1 aromatic heterocycles. The number of imidazole rings is 1. The molecule has 130 valence electrons. The number of alkyl halides is 1. The topological polar surface area (TPSA) is 59.3 Å². The number of nitrogens with one attached hydrogen (secondary N) is 1. The third-order valence-electron chi connectivity index (χ3n) is 4.60. The van der Waals surface area contributed by atoms with Crippen molar-refractivity contribution in [3.63, 3.8) is 0 Å². The maximum atomic E-state index is 13.8. The molecule has 1 saturated carbocycles. The third-order valence-corrected chi connectivity index (χ3v) is 4.60. The predicted octanol–water partition coefficient (Wildman–Crippen LogP) is 3.32. The van der Waals surface area contributed by atoms with Gasteiger partial charge in [0, 0.05) is 12.6 Å². The van der Waals surface area contributed by atoms with E-state index in [-0.39, 0.29) is 18.7 Å². The third kappa shape index (κ3) is 3.38. The molecule has 1 aliphatic rings. The lowest BCUT2D eigenvalue weighted by Crippen LogP contribution is -2.32. The lowest BCUT2D eigenvalue weighted by Gasteiger charge is -2.10. The lowest BCUT2D eigenvalue weighted by molar-refractivity contribution is -0.126. The van der Waals surface area contributed by atoms with Gasteiger partial charge in [-0.3, -0.25) is 4.79 Å². The van der Waals surface area contributed by atoms with Crippen molar-refractivity contribution in [3.8, 4) is 11.3 Å². The number of rotatable bonds is 5. The molecule has 0 spiro atoms. The summed E-state index contributed by atoms with van der Waals surface area (Å²) in [6.07, 6.45) is 4.05. The number of carbonyl (C=O) groups excluding carboxylic acids is 1. The van der Waals surface area contributed by atoms with Gasteiger partial charge in [-0.2, -0.15) is 0 Å². The summed E-state index contributed by atoms with van der Waals surface area (Å²) in [5.74, 6) is 0.517. The molecule has 6 heteroatoms. The second-order valence-electron chi connectivity index (χ2n) is 6.43. The number of benzene rings is 1. The van der Waals surface area contributed by atoms with Crippen LogP contribution in [0.2, 0.25) is 0 Å². The standard InChI is InChI=1S/C19H21FN4O/c1-12-5-6-14(16-11-22-13(2)24(16)4)9-15(12)10-17(21-3)23-18(25)19(20)7-8-19/h5-6,9-11H,3,7-8H2,1-2,4H3,(H,23,25)/b17-10+. The van der Waals surface area contributed by atoms with E-state index in [1.54, 1.807) is 6.08 Å². The van der Waals surface area contributed by atoms with Crippen molar-refractivity contribution in [2.75, 3.05) is 0 Å². The first-order valence-electron chi connectivity index (χ1n) is 8.12. The number of aromatic nitrogens is 2. The summed E-state index contributed by atoms with van der Waals surface area (Å²) in [4.78, 5) is 20.0. The Balaban J connectivity index is 1.92.